The molecular formula is C14H21N3O2. The molecule has 1 fully saturated rings. The van der Waals surface area contributed by atoms with E-state index in [0.717, 1.165) is 18.7 Å². The van der Waals surface area contributed by atoms with E-state index in [4.69, 9.17) is 5.11 Å². The van der Waals surface area contributed by atoms with Crippen LogP contribution in [0.5, 0.6) is 0 Å². The van der Waals surface area contributed by atoms with Gasteiger partial charge in [-0.3, -0.25) is 9.78 Å². The third-order valence-corrected chi connectivity index (χ3v) is 3.40. The van der Waals surface area contributed by atoms with Crippen molar-refractivity contribution >= 4 is 5.91 Å². The monoisotopic (exact) mass is 263 g/mol. The fraction of sp³-hybridized carbons (Fsp3) is 0.571. The molecule has 0 aromatic carbocycles. The minimum Gasteiger partial charge on any atom is -0.396 e. The number of amides is 1. The van der Waals surface area contributed by atoms with Gasteiger partial charge in [0.2, 0.25) is 5.91 Å². The number of pyridine rings is 1. The molecule has 1 aliphatic heterocycles. The van der Waals surface area contributed by atoms with Gasteiger partial charge in [0.05, 0.1) is 6.04 Å². The largest absolute Gasteiger partial charge is 0.396 e. The Balaban J connectivity index is 2.09. The highest BCUT2D eigenvalue weighted by atomic mass is 16.3. The number of aromatic nitrogens is 1. The lowest BCUT2D eigenvalue weighted by Gasteiger charge is -2.25. The van der Waals surface area contributed by atoms with Gasteiger partial charge in [-0.05, 0) is 30.0 Å². The molecule has 1 aromatic heterocycles. The summed E-state index contributed by atoms with van der Waals surface area (Å²) in [5, 5.41) is 12.3. The minimum absolute atomic E-state index is 0.0287. The zero-order valence-corrected chi connectivity index (χ0v) is 11.2. The number of carbonyl (C=O) groups excluding carboxylic acids is 1. The van der Waals surface area contributed by atoms with Gasteiger partial charge in [0.1, 0.15) is 0 Å². The number of carbonyl (C=O) groups is 1. The van der Waals surface area contributed by atoms with Crippen LogP contribution in [0.4, 0.5) is 0 Å². The van der Waals surface area contributed by atoms with E-state index < -0.39 is 0 Å². The van der Waals surface area contributed by atoms with Gasteiger partial charge >= 0.3 is 0 Å². The van der Waals surface area contributed by atoms with E-state index in [1.54, 1.807) is 12.4 Å². The molecule has 2 heterocycles. The van der Waals surface area contributed by atoms with Gasteiger partial charge in [0.15, 0.2) is 0 Å². The van der Waals surface area contributed by atoms with Crippen molar-refractivity contribution in [2.24, 2.45) is 5.92 Å². The van der Waals surface area contributed by atoms with Crippen molar-refractivity contribution in [2.45, 2.75) is 25.9 Å². The van der Waals surface area contributed by atoms with Gasteiger partial charge in [-0.2, -0.15) is 0 Å². The first kappa shape index (κ1) is 14.0. The zero-order chi connectivity index (χ0) is 13.7. The van der Waals surface area contributed by atoms with E-state index in [1.807, 2.05) is 17.0 Å². The van der Waals surface area contributed by atoms with Gasteiger partial charge in [0, 0.05) is 38.6 Å². The SMILES string of the molecule is CC1CNC(CCO)C(=O)N(Cc2ccncc2)C1. The standard InChI is InChI=1S/C14H21N3O2/c1-11-8-16-13(4-7-18)14(19)17(9-11)10-12-2-5-15-6-3-12/h2-3,5-6,11,13,16,18H,4,7-10H2,1H3. The Labute approximate surface area is 113 Å². The first-order chi connectivity index (χ1) is 9.20. The predicted octanol–water partition coefficient (Wildman–Crippen LogP) is 0.400. The van der Waals surface area contributed by atoms with Crippen LogP contribution in [-0.4, -0.2) is 46.6 Å². The topological polar surface area (TPSA) is 65.5 Å². The van der Waals surface area contributed by atoms with Gasteiger partial charge < -0.3 is 15.3 Å². The lowest BCUT2D eigenvalue weighted by Crippen LogP contribution is -2.43. The first-order valence-electron chi connectivity index (χ1n) is 6.72. The van der Waals surface area contributed by atoms with E-state index in [9.17, 15) is 4.79 Å². The molecule has 0 aliphatic carbocycles. The van der Waals surface area contributed by atoms with E-state index in [0.29, 0.717) is 18.9 Å². The zero-order valence-electron chi connectivity index (χ0n) is 11.2. The number of nitrogens with zero attached hydrogens (tertiary/aromatic N) is 2. The first-order valence-corrected chi connectivity index (χ1v) is 6.72. The van der Waals surface area contributed by atoms with Crippen LogP contribution in [-0.2, 0) is 11.3 Å². The second-order valence-corrected chi connectivity index (χ2v) is 5.15. The molecule has 1 aromatic rings. The summed E-state index contributed by atoms with van der Waals surface area (Å²) >= 11 is 0. The van der Waals surface area contributed by atoms with Crippen molar-refractivity contribution in [1.29, 1.82) is 0 Å². The van der Waals surface area contributed by atoms with Crippen molar-refractivity contribution in [1.82, 2.24) is 15.2 Å². The highest BCUT2D eigenvalue weighted by molar-refractivity contribution is 5.82. The van der Waals surface area contributed by atoms with Crippen LogP contribution < -0.4 is 5.32 Å². The average molecular weight is 263 g/mol. The number of aliphatic hydroxyl groups excluding tert-OH is 1. The molecule has 1 amide bonds. The number of rotatable bonds is 4. The molecular weight excluding hydrogens is 242 g/mol. The molecule has 2 rings (SSSR count). The van der Waals surface area contributed by atoms with Gasteiger partial charge in [-0.15, -0.1) is 0 Å². The molecule has 0 spiro atoms. The third kappa shape index (κ3) is 3.75. The summed E-state index contributed by atoms with van der Waals surface area (Å²) in [5.41, 5.74) is 1.08. The quantitative estimate of drug-likeness (QED) is 0.825. The summed E-state index contributed by atoms with van der Waals surface area (Å²) in [7, 11) is 0. The maximum absolute atomic E-state index is 12.4. The van der Waals surface area contributed by atoms with Crippen LogP contribution in [0.25, 0.3) is 0 Å². The van der Waals surface area contributed by atoms with Crippen LogP contribution in [0, 0.1) is 5.92 Å². The lowest BCUT2D eigenvalue weighted by atomic mass is 10.1. The highest BCUT2D eigenvalue weighted by Crippen LogP contribution is 2.13. The highest BCUT2D eigenvalue weighted by Gasteiger charge is 2.28. The molecule has 0 saturated carbocycles. The third-order valence-electron chi connectivity index (χ3n) is 3.40. The summed E-state index contributed by atoms with van der Waals surface area (Å²) in [6, 6.07) is 3.59. The van der Waals surface area contributed by atoms with Crippen molar-refractivity contribution in [3.05, 3.63) is 30.1 Å². The van der Waals surface area contributed by atoms with Crippen molar-refractivity contribution in [2.75, 3.05) is 19.7 Å². The Kier molecular flexibility index (Phi) is 4.87. The second-order valence-electron chi connectivity index (χ2n) is 5.15. The summed E-state index contributed by atoms with van der Waals surface area (Å²) in [6.07, 6.45) is 3.95. The molecule has 5 heteroatoms. The van der Waals surface area contributed by atoms with E-state index in [2.05, 4.69) is 17.2 Å². The average Bonchev–Trinajstić information content (AvgIpc) is 2.54. The molecule has 5 nitrogen and oxygen atoms in total. The number of hydrogen-bond donors (Lipinski definition) is 2. The van der Waals surface area contributed by atoms with E-state index >= 15 is 0 Å². The fourth-order valence-corrected chi connectivity index (χ4v) is 2.39. The molecule has 2 unspecified atom stereocenters. The molecule has 0 radical (unpaired) electrons. The summed E-state index contributed by atoms with van der Waals surface area (Å²) < 4.78 is 0. The molecule has 1 aliphatic rings. The number of nitrogens with one attached hydrogen (secondary N) is 1. The Hall–Kier alpha value is -1.46. The fourth-order valence-electron chi connectivity index (χ4n) is 2.39. The van der Waals surface area contributed by atoms with Crippen molar-refractivity contribution in [3.63, 3.8) is 0 Å². The smallest absolute Gasteiger partial charge is 0.240 e. The number of aliphatic hydroxyl groups is 1. The van der Waals surface area contributed by atoms with Crippen LogP contribution >= 0.6 is 0 Å². The molecule has 0 bridgehead atoms. The maximum Gasteiger partial charge on any atom is 0.240 e. The molecule has 2 N–H and O–H groups in total. The van der Waals surface area contributed by atoms with Gasteiger partial charge in [0.25, 0.3) is 0 Å². The normalized spacial score (nSPS) is 24.3. The number of hydrogen-bond acceptors (Lipinski definition) is 4. The van der Waals surface area contributed by atoms with Crippen LogP contribution in [0.2, 0.25) is 0 Å². The Morgan fingerprint density at radius 1 is 1.47 bits per heavy atom. The van der Waals surface area contributed by atoms with E-state index in [-0.39, 0.29) is 18.6 Å². The predicted molar refractivity (Wildman–Crippen MR) is 72.3 cm³/mol. The summed E-state index contributed by atoms with van der Waals surface area (Å²) in [4.78, 5) is 18.3. The Bertz CT molecular complexity index is 410. The van der Waals surface area contributed by atoms with E-state index in [1.165, 1.54) is 0 Å². The summed E-state index contributed by atoms with van der Waals surface area (Å²) in [5.74, 6) is 0.490. The molecule has 1 saturated heterocycles. The molecule has 104 valence electrons. The molecule has 2 atom stereocenters. The summed E-state index contributed by atoms with van der Waals surface area (Å²) in [6.45, 7) is 4.32. The Morgan fingerprint density at radius 3 is 2.89 bits per heavy atom. The maximum atomic E-state index is 12.4. The second kappa shape index (κ2) is 6.63. The van der Waals surface area contributed by atoms with Crippen LogP contribution in [0.15, 0.2) is 24.5 Å². The van der Waals surface area contributed by atoms with Crippen LogP contribution in [0.3, 0.4) is 0 Å². The molecule has 19 heavy (non-hydrogen) atoms. The van der Waals surface area contributed by atoms with Gasteiger partial charge in [-0.25, -0.2) is 0 Å². The minimum atomic E-state index is -0.267. The van der Waals surface area contributed by atoms with Gasteiger partial charge in [-0.1, -0.05) is 6.92 Å². The van der Waals surface area contributed by atoms with Crippen LogP contribution in [0.1, 0.15) is 18.9 Å². The lowest BCUT2D eigenvalue weighted by molar-refractivity contribution is -0.133. The van der Waals surface area contributed by atoms with Crippen molar-refractivity contribution < 1.29 is 9.90 Å². The van der Waals surface area contributed by atoms with Crippen molar-refractivity contribution in [3.8, 4) is 0 Å². The Morgan fingerprint density at radius 2 is 2.21 bits per heavy atom.